The number of carboxylic acids is 2. The SMILES string of the molecule is CC1=C(CCC(=O)O)c2cc3nc(cc4[nH]c(cc5[nH]c(cc1n2)c(C)c5C(O)CO)c(C)c4C(O)CO)C(C)=C3CCC(=O)O.[Fe+3]. The Balaban J connectivity index is 0.00000500. The Morgan fingerprint density at radius 1 is 0.638 bits per heavy atom. The first kappa shape index (κ1) is 35.7. The molecule has 5 heterocycles. The van der Waals surface area contributed by atoms with Crippen LogP contribution in [-0.4, -0.2) is 75.7 Å². The fourth-order valence-electron chi connectivity index (χ4n) is 6.28. The first-order valence-corrected chi connectivity index (χ1v) is 15.0. The first-order chi connectivity index (χ1) is 21.8. The molecule has 8 bridgehead atoms. The van der Waals surface area contributed by atoms with E-state index in [9.17, 15) is 40.2 Å². The summed E-state index contributed by atoms with van der Waals surface area (Å²) in [5.41, 5.74) is 9.52. The molecule has 2 aliphatic heterocycles. The molecule has 0 amide bonds. The zero-order chi connectivity index (χ0) is 33.4. The molecule has 247 valence electrons. The summed E-state index contributed by atoms with van der Waals surface area (Å²) < 4.78 is 0. The van der Waals surface area contributed by atoms with Gasteiger partial charge in [0.25, 0.3) is 0 Å². The molecule has 1 radical (unpaired) electrons. The molecule has 5 rings (SSSR count). The Labute approximate surface area is 281 Å². The Morgan fingerprint density at radius 2 is 1.02 bits per heavy atom. The molecule has 0 fully saturated rings. The van der Waals surface area contributed by atoms with Crippen LogP contribution in [0.3, 0.4) is 0 Å². The van der Waals surface area contributed by atoms with Gasteiger partial charge >= 0.3 is 29.0 Å². The number of hydrogen-bond acceptors (Lipinski definition) is 8. The van der Waals surface area contributed by atoms with Gasteiger partial charge in [0.1, 0.15) is 12.2 Å². The first-order valence-electron chi connectivity index (χ1n) is 15.0. The molecule has 2 aliphatic rings. The zero-order valence-electron chi connectivity index (χ0n) is 26.5. The quantitative estimate of drug-likeness (QED) is 0.139. The van der Waals surface area contributed by atoms with Crippen molar-refractivity contribution < 1.29 is 57.3 Å². The van der Waals surface area contributed by atoms with Gasteiger partial charge in [-0.25, -0.2) is 9.97 Å². The van der Waals surface area contributed by atoms with Crippen LogP contribution in [-0.2, 0) is 26.7 Å². The van der Waals surface area contributed by atoms with Crippen LogP contribution in [0, 0.1) is 13.8 Å². The number of carbonyl (C=O) groups is 2. The number of hydrogen-bond donors (Lipinski definition) is 8. The number of allylic oxidation sites excluding steroid dienone is 4. The van der Waals surface area contributed by atoms with Crippen LogP contribution in [0.5, 0.6) is 0 Å². The van der Waals surface area contributed by atoms with Gasteiger partial charge in [0.2, 0.25) is 0 Å². The molecule has 0 saturated carbocycles. The second kappa shape index (κ2) is 14.3. The van der Waals surface area contributed by atoms with Crippen LogP contribution in [0.25, 0.3) is 44.4 Å². The average molecular weight is 687 g/mol. The van der Waals surface area contributed by atoms with Crippen molar-refractivity contribution >= 4 is 56.3 Å². The van der Waals surface area contributed by atoms with Gasteiger partial charge < -0.3 is 40.6 Å². The molecule has 3 aromatic heterocycles. The van der Waals surface area contributed by atoms with Gasteiger partial charge in [-0.05, 0) is 98.2 Å². The molecule has 0 spiro atoms. The topological polar surface area (TPSA) is 213 Å². The number of aromatic nitrogens is 4. The molecular weight excluding hydrogens is 648 g/mol. The zero-order valence-corrected chi connectivity index (χ0v) is 27.6. The molecule has 3 aromatic rings. The largest absolute Gasteiger partial charge is 3.00 e. The van der Waals surface area contributed by atoms with E-state index in [2.05, 4.69) is 9.97 Å². The molecule has 0 aliphatic carbocycles. The number of rotatable bonds is 10. The van der Waals surface area contributed by atoms with Crippen molar-refractivity contribution in [3.05, 3.63) is 69.3 Å². The molecular formula is C34H38FeN4O8+3. The van der Waals surface area contributed by atoms with E-state index in [4.69, 9.17) is 9.97 Å². The Kier molecular flexibility index (Phi) is 10.9. The van der Waals surface area contributed by atoms with Crippen molar-refractivity contribution in [1.82, 2.24) is 19.9 Å². The van der Waals surface area contributed by atoms with E-state index in [0.717, 1.165) is 16.7 Å². The molecule has 2 atom stereocenters. The number of aliphatic hydroxyl groups is 4. The van der Waals surface area contributed by atoms with Crippen LogP contribution < -0.4 is 0 Å². The van der Waals surface area contributed by atoms with Crippen molar-refractivity contribution in [1.29, 1.82) is 0 Å². The monoisotopic (exact) mass is 686 g/mol. The summed E-state index contributed by atoms with van der Waals surface area (Å²) in [6.45, 7) is 6.26. The molecule has 13 heteroatoms. The summed E-state index contributed by atoms with van der Waals surface area (Å²) in [6, 6.07) is 7.07. The van der Waals surface area contributed by atoms with Crippen molar-refractivity contribution in [3.8, 4) is 0 Å². The van der Waals surface area contributed by atoms with Gasteiger partial charge in [-0.2, -0.15) is 0 Å². The fourth-order valence-corrected chi connectivity index (χ4v) is 6.28. The summed E-state index contributed by atoms with van der Waals surface area (Å²) in [4.78, 5) is 39.5. The minimum absolute atomic E-state index is 0. The number of aromatic amines is 2. The van der Waals surface area contributed by atoms with Gasteiger partial charge in [0.15, 0.2) is 0 Å². The number of H-pyrrole nitrogens is 2. The fraction of sp³-hybridized carbons (Fsp3) is 0.353. The number of aliphatic carboxylic acids is 2. The second-order valence-electron chi connectivity index (χ2n) is 11.7. The molecule has 0 aromatic carbocycles. The third-order valence-corrected chi connectivity index (χ3v) is 8.82. The molecule has 12 nitrogen and oxygen atoms in total. The summed E-state index contributed by atoms with van der Waals surface area (Å²) in [6.07, 6.45) is -2.26. The predicted molar refractivity (Wildman–Crippen MR) is 173 cm³/mol. The van der Waals surface area contributed by atoms with Gasteiger partial charge in [-0.3, -0.25) is 9.59 Å². The molecule has 8 N–H and O–H groups in total. The number of aryl methyl sites for hydroxylation is 2. The van der Waals surface area contributed by atoms with Crippen LogP contribution in [0.15, 0.2) is 24.3 Å². The summed E-state index contributed by atoms with van der Waals surface area (Å²) >= 11 is 0. The maximum Gasteiger partial charge on any atom is 3.00 e. The molecule has 47 heavy (non-hydrogen) atoms. The maximum absolute atomic E-state index is 11.6. The molecule has 0 saturated heterocycles. The number of nitrogens with one attached hydrogen (secondary N) is 2. The number of aliphatic hydroxyl groups excluding tert-OH is 4. The van der Waals surface area contributed by atoms with Crippen LogP contribution in [0.4, 0.5) is 0 Å². The second-order valence-corrected chi connectivity index (χ2v) is 11.7. The minimum Gasteiger partial charge on any atom is -0.481 e. The van der Waals surface area contributed by atoms with E-state index in [1.807, 2.05) is 26.8 Å². The van der Waals surface area contributed by atoms with Gasteiger partial charge in [0, 0.05) is 46.0 Å². The minimum atomic E-state index is -1.22. The summed E-state index contributed by atoms with van der Waals surface area (Å²) in [7, 11) is 0. The third-order valence-electron chi connectivity index (χ3n) is 8.82. The molecule has 2 unspecified atom stereocenters. The van der Waals surface area contributed by atoms with E-state index in [-0.39, 0.29) is 42.8 Å². The van der Waals surface area contributed by atoms with Gasteiger partial charge in [-0.1, -0.05) is 0 Å². The van der Waals surface area contributed by atoms with Crippen molar-refractivity contribution in [2.45, 2.75) is 65.6 Å². The maximum atomic E-state index is 11.6. The Hall–Kier alpha value is -4.10. The van der Waals surface area contributed by atoms with E-state index in [0.29, 0.717) is 72.7 Å². The Bertz CT molecular complexity index is 1970. The smallest absolute Gasteiger partial charge is 0.481 e. The van der Waals surface area contributed by atoms with E-state index < -0.39 is 37.4 Å². The summed E-state index contributed by atoms with van der Waals surface area (Å²) in [5, 5.41) is 60.4. The summed E-state index contributed by atoms with van der Waals surface area (Å²) in [5.74, 6) is -1.92. The van der Waals surface area contributed by atoms with Crippen LogP contribution >= 0.6 is 0 Å². The van der Waals surface area contributed by atoms with E-state index >= 15 is 0 Å². The van der Waals surface area contributed by atoms with Crippen molar-refractivity contribution in [2.24, 2.45) is 0 Å². The normalized spacial score (nSPS) is 14.3. The number of carboxylic acid groups (broad SMARTS) is 2. The average Bonchev–Trinajstić information content (AvgIpc) is 3.67. The standard InChI is InChI=1S/C34H38N4O8.Fe/c1-15-19(5-7-31(43)44)25-12-26-20(6-8-32(45)46)16(2)22(36-26)10-27-34(30(42)14-40)18(4)24(38-27)11-28-33(29(41)13-39)17(3)23(37-28)9-21(15)35-25;/h9-12,29-30,37-42H,5-8,13-14H2,1-4H3,(H,43,44)(H,45,46);/q;+3. The Morgan fingerprint density at radius 3 is 1.43 bits per heavy atom. The number of nitrogens with zero attached hydrogens (tertiary/aromatic N) is 2. The van der Waals surface area contributed by atoms with E-state index in [1.165, 1.54) is 0 Å². The van der Waals surface area contributed by atoms with Gasteiger partial charge in [-0.15, -0.1) is 0 Å². The third kappa shape index (κ3) is 6.96. The van der Waals surface area contributed by atoms with Crippen LogP contribution in [0.2, 0.25) is 0 Å². The van der Waals surface area contributed by atoms with Crippen molar-refractivity contribution in [3.63, 3.8) is 0 Å². The predicted octanol–water partition coefficient (Wildman–Crippen LogP) is 4.57. The number of fused-ring (bicyclic) bond motifs is 8. The van der Waals surface area contributed by atoms with Crippen molar-refractivity contribution in [2.75, 3.05) is 13.2 Å². The van der Waals surface area contributed by atoms with Gasteiger partial charge in [0.05, 0.1) is 36.0 Å². The van der Waals surface area contributed by atoms with Crippen LogP contribution in [0.1, 0.15) is 96.8 Å². The van der Waals surface area contributed by atoms with E-state index in [1.54, 1.807) is 25.1 Å².